The first-order valence-electron chi connectivity index (χ1n) is 2.24. The molecule has 8 heavy (non-hydrogen) atoms. The van der Waals surface area contributed by atoms with Crippen molar-refractivity contribution in [2.75, 3.05) is 13.1 Å². The molecule has 0 aromatic carbocycles. The van der Waals surface area contributed by atoms with Gasteiger partial charge in [-0.2, -0.15) is 0 Å². The van der Waals surface area contributed by atoms with E-state index in [4.69, 9.17) is 5.11 Å². The molecule has 1 aliphatic heterocycles. The molecule has 1 saturated heterocycles. The van der Waals surface area contributed by atoms with Gasteiger partial charge in [0.1, 0.15) is 0 Å². The van der Waals surface area contributed by atoms with E-state index in [2.05, 4.69) is 5.32 Å². The van der Waals surface area contributed by atoms with Crippen molar-refractivity contribution in [2.45, 2.75) is 0 Å². The highest BCUT2D eigenvalue weighted by Crippen LogP contribution is 2.00. The maximum Gasteiger partial charge on any atom is 0.309 e. The monoisotopic (exact) mass is 119 g/mol. The molecule has 0 aromatic heterocycles. The molecule has 0 saturated carbocycles. The Morgan fingerprint density at radius 1 is 1.62 bits per heavy atom. The van der Waals surface area contributed by atoms with Crippen molar-refractivity contribution in [3.8, 4) is 0 Å². The van der Waals surface area contributed by atoms with E-state index in [1.807, 2.05) is 0 Å². The minimum absolute atomic E-state index is 0. The molecule has 0 unspecified atom stereocenters. The van der Waals surface area contributed by atoms with Gasteiger partial charge >= 0.3 is 5.97 Å². The van der Waals surface area contributed by atoms with E-state index in [-0.39, 0.29) is 11.4 Å². The minimum Gasteiger partial charge on any atom is -0.481 e. The summed E-state index contributed by atoms with van der Waals surface area (Å²) >= 11 is 0. The maximum atomic E-state index is 9.94. The lowest BCUT2D eigenvalue weighted by Gasteiger charge is -2.21. The lowest BCUT2D eigenvalue weighted by Crippen LogP contribution is -2.46. The molecule has 1 aliphatic rings. The highest BCUT2D eigenvalue weighted by Gasteiger charge is 2.23. The van der Waals surface area contributed by atoms with Crippen LogP contribution in [-0.4, -0.2) is 29.6 Å². The van der Waals surface area contributed by atoms with Gasteiger partial charge in [-0.05, 0) is 0 Å². The third-order valence-electron chi connectivity index (χ3n) is 1.13. The van der Waals surface area contributed by atoms with Crippen LogP contribution in [-0.2, 0) is 4.79 Å². The van der Waals surface area contributed by atoms with Crippen LogP contribution in [0.4, 0.5) is 0 Å². The summed E-state index contributed by atoms with van der Waals surface area (Å²) in [4.78, 5) is 9.94. The molecule has 0 aliphatic carbocycles. The summed E-state index contributed by atoms with van der Waals surface area (Å²) in [5.41, 5.74) is 0. The predicted octanol–water partition coefficient (Wildman–Crippen LogP) is -1.53. The second-order valence-corrected chi connectivity index (χ2v) is 1.69. The second-order valence-electron chi connectivity index (χ2n) is 1.69. The van der Waals surface area contributed by atoms with Gasteiger partial charge in [0.2, 0.25) is 0 Å². The fourth-order valence-corrected chi connectivity index (χ4v) is 0.463. The summed E-state index contributed by atoms with van der Waals surface area (Å²) in [5.74, 6) is -0.793. The standard InChI is InChI=1S/C4H7NO2.H2O/c6-4(7)3-1-5-2-3;/h3,5H,1-2H2,(H,6,7);1H2. The number of carboxylic acids is 1. The van der Waals surface area contributed by atoms with Gasteiger partial charge in [0.15, 0.2) is 0 Å². The maximum absolute atomic E-state index is 9.94. The van der Waals surface area contributed by atoms with E-state index < -0.39 is 5.97 Å². The Labute approximate surface area is 46.8 Å². The molecule has 0 radical (unpaired) electrons. The topological polar surface area (TPSA) is 80.8 Å². The summed E-state index contributed by atoms with van der Waals surface area (Å²) in [5, 5.41) is 11.1. The zero-order valence-electron chi connectivity index (χ0n) is 4.35. The molecule has 1 rings (SSSR count). The fourth-order valence-electron chi connectivity index (χ4n) is 0.463. The number of carbonyl (C=O) groups is 1. The first kappa shape index (κ1) is 7.39. The van der Waals surface area contributed by atoms with Crippen LogP contribution in [0.25, 0.3) is 0 Å². The molecular formula is C4H9NO3. The van der Waals surface area contributed by atoms with Crippen molar-refractivity contribution in [3.05, 3.63) is 0 Å². The van der Waals surface area contributed by atoms with Crippen molar-refractivity contribution < 1.29 is 15.4 Å². The molecule has 1 fully saturated rings. The van der Waals surface area contributed by atoms with E-state index in [1.165, 1.54) is 0 Å². The molecule has 0 aromatic rings. The number of carboxylic acid groups (broad SMARTS) is 1. The van der Waals surface area contributed by atoms with Crippen LogP contribution in [0.1, 0.15) is 0 Å². The highest BCUT2D eigenvalue weighted by atomic mass is 16.4. The van der Waals surface area contributed by atoms with Crippen LogP contribution < -0.4 is 5.32 Å². The number of rotatable bonds is 1. The van der Waals surface area contributed by atoms with Crippen LogP contribution in [0.3, 0.4) is 0 Å². The van der Waals surface area contributed by atoms with Gasteiger partial charge in [-0.1, -0.05) is 0 Å². The van der Waals surface area contributed by atoms with Crippen LogP contribution in [0.5, 0.6) is 0 Å². The van der Waals surface area contributed by atoms with Crippen LogP contribution in [0, 0.1) is 5.92 Å². The molecule has 0 atom stereocenters. The van der Waals surface area contributed by atoms with Crippen molar-refractivity contribution in [3.63, 3.8) is 0 Å². The van der Waals surface area contributed by atoms with Crippen LogP contribution in [0.2, 0.25) is 0 Å². The molecule has 4 heteroatoms. The smallest absolute Gasteiger partial charge is 0.309 e. The second kappa shape index (κ2) is 2.64. The Hall–Kier alpha value is -0.610. The molecule has 48 valence electrons. The number of hydrogen-bond donors (Lipinski definition) is 2. The first-order valence-corrected chi connectivity index (χ1v) is 2.24. The minimum atomic E-state index is -0.682. The van der Waals surface area contributed by atoms with E-state index in [0.29, 0.717) is 13.1 Å². The van der Waals surface area contributed by atoms with Gasteiger partial charge < -0.3 is 15.9 Å². The fraction of sp³-hybridized carbons (Fsp3) is 0.750. The van der Waals surface area contributed by atoms with E-state index in [1.54, 1.807) is 0 Å². The Kier molecular flexibility index (Phi) is 2.44. The molecule has 4 N–H and O–H groups in total. The van der Waals surface area contributed by atoms with Gasteiger partial charge in [0, 0.05) is 13.1 Å². The zero-order chi connectivity index (χ0) is 5.28. The number of nitrogens with one attached hydrogen (secondary N) is 1. The van der Waals surface area contributed by atoms with Gasteiger partial charge in [-0.15, -0.1) is 0 Å². The van der Waals surface area contributed by atoms with Crippen LogP contribution >= 0.6 is 0 Å². The molecule has 0 spiro atoms. The van der Waals surface area contributed by atoms with Gasteiger partial charge in [-0.3, -0.25) is 4.79 Å². The zero-order valence-corrected chi connectivity index (χ0v) is 4.35. The summed E-state index contributed by atoms with van der Waals surface area (Å²) < 4.78 is 0. The van der Waals surface area contributed by atoms with E-state index in [9.17, 15) is 4.79 Å². The van der Waals surface area contributed by atoms with Crippen molar-refractivity contribution >= 4 is 5.97 Å². The average molecular weight is 119 g/mol. The third-order valence-corrected chi connectivity index (χ3v) is 1.13. The quantitative estimate of drug-likeness (QED) is 0.439. The Bertz CT molecular complexity index is 89.3. The molecule has 0 bridgehead atoms. The normalized spacial score (nSPS) is 18.5. The average Bonchev–Trinajstić information content (AvgIpc) is 1.23. The SMILES string of the molecule is O.O=C(O)C1CNC1. The predicted molar refractivity (Wildman–Crippen MR) is 27.6 cm³/mol. The first-order chi connectivity index (χ1) is 3.30. The van der Waals surface area contributed by atoms with Gasteiger partial charge in [0.05, 0.1) is 5.92 Å². The largest absolute Gasteiger partial charge is 0.481 e. The summed E-state index contributed by atoms with van der Waals surface area (Å²) in [6.07, 6.45) is 0. The molecule has 1 heterocycles. The summed E-state index contributed by atoms with van der Waals surface area (Å²) in [6.45, 7) is 1.30. The van der Waals surface area contributed by atoms with Crippen LogP contribution in [0.15, 0.2) is 0 Å². The molecule has 4 nitrogen and oxygen atoms in total. The Balaban J connectivity index is 0.000000490. The lowest BCUT2D eigenvalue weighted by atomic mass is 10.1. The number of aliphatic carboxylic acids is 1. The molecular weight excluding hydrogens is 110 g/mol. The van der Waals surface area contributed by atoms with Crippen molar-refractivity contribution in [1.82, 2.24) is 5.32 Å². The third kappa shape index (κ3) is 1.18. The highest BCUT2D eigenvalue weighted by molar-refractivity contribution is 5.71. The van der Waals surface area contributed by atoms with Gasteiger partial charge in [0.25, 0.3) is 0 Å². The molecule has 0 amide bonds. The van der Waals surface area contributed by atoms with Gasteiger partial charge in [-0.25, -0.2) is 0 Å². The summed E-state index contributed by atoms with van der Waals surface area (Å²) in [7, 11) is 0. The number of hydrogen-bond acceptors (Lipinski definition) is 2. The Morgan fingerprint density at radius 2 is 2.12 bits per heavy atom. The van der Waals surface area contributed by atoms with Crippen molar-refractivity contribution in [1.29, 1.82) is 0 Å². The van der Waals surface area contributed by atoms with E-state index >= 15 is 0 Å². The van der Waals surface area contributed by atoms with E-state index in [0.717, 1.165) is 0 Å². The van der Waals surface area contributed by atoms with Crippen molar-refractivity contribution in [2.24, 2.45) is 5.92 Å². The Morgan fingerprint density at radius 3 is 2.12 bits per heavy atom. The summed E-state index contributed by atoms with van der Waals surface area (Å²) in [6, 6.07) is 0. The lowest BCUT2D eigenvalue weighted by molar-refractivity contribution is -0.143.